The lowest BCUT2D eigenvalue weighted by Gasteiger charge is -2.45. The molecule has 2 atom stereocenters. The summed E-state index contributed by atoms with van der Waals surface area (Å²) in [6.45, 7) is 0. The van der Waals surface area contributed by atoms with Gasteiger partial charge in [-0.05, 0) is 62.2 Å². The lowest BCUT2D eigenvalue weighted by atomic mass is 9.60. The van der Waals surface area contributed by atoms with Crippen molar-refractivity contribution >= 4 is 0 Å². The van der Waals surface area contributed by atoms with Crippen LogP contribution in [0.3, 0.4) is 0 Å². The van der Waals surface area contributed by atoms with Gasteiger partial charge in [-0.15, -0.1) is 0 Å². The number of hydrogen-bond donors (Lipinski definition) is 1. The van der Waals surface area contributed by atoms with Crippen LogP contribution in [0.5, 0.6) is 0 Å². The van der Waals surface area contributed by atoms with Gasteiger partial charge in [0.05, 0.1) is 6.10 Å². The molecule has 0 saturated heterocycles. The van der Waals surface area contributed by atoms with E-state index in [-0.39, 0.29) is 6.10 Å². The maximum absolute atomic E-state index is 9.62. The van der Waals surface area contributed by atoms with Crippen LogP contribution in [0.2, 0.25) is 0 Å². The number of aliphatic hydroxyl groups is 1. The monoisotopic (exact) mass is 166 g/mol. The van der Waals surface area contributed by atoms with E-state index in [1.807, 2.05) is 0 Å². The fourth-order valence-corrected chi connectivity index (χ4v) is 4.16. The van der Waals surface area contributed by atoms with Gasteiger partial charge in [0.15, 0.2) is 0 Å². The van der Waals surface area contributed by atoms with Crippen molar-refractivity contribution in [2.75, 3.05) is 0 Å². The van der Waals surface area contributed by atoms with Gasteiger partial charge < -0.3 is 5.11 Å². The van der Waals surface area contributed by atoms with Crippen LogP contribution in [0.1, 0.15) is 38.5 Å². The zero-order chi connectivity index (χ0) is 8.13. The molecule has 68 valence electrons. The molecule has 0 radical (unpaired) electrons. The normalized spacial score (nSPS) is 57.2. The second-order valence-corrected chi connectivity index (χ2v) is 5.13. The van der Waals surface area contributed by atoms with Gasteiger partial charge in [-0.2, -0.15) is 0 Å². The second kappa shape index (κ2) is 2.47. The molecule has 0 aromatic rings. The molecule has 1 heteroatoms. The van der Waals surface area contributed by atoms with Crippen molar-refractivity contribution in [3.8, 4) is 0 Å². The summed E-state index contributed by atoms with van der Waals surface area (Å²) in [7, 11) is 0. The molecule has 2 unspecified atom stereocenters. The van der Waals surface area contributed by atoms with Gasteiger partial charge in [-0.3, -0.25) is 0 Å². The Bertz CT molecular complexity index is 161. The van der Waals surface area contributed by atoms with Gasteiger partial charge in [0, 0.05) is 0 Å². The molecular weight excluding hydrogens is 148 g/mol. The topological polar surface area (TPSA) is 20.2 Å². The van der Waals surface area contributed by atoms with E-state index < -0.39 is 0 Å². The van der Waals surface area contributed by atoms with Crippen molar-refractivity contribution in [2.24, 2.45) is 23.7 Å². The molecule has 12 heavy (non-hydrogen) atoms. The van der Waals surface area contributed by atoms with Crippen LogP contribution in [-0.2, 0) is 0 Å². The molecule has 0 aromatic carbocycles. The zero-order valence-corrected chi connectivity index (χ0v) is 7.58. The van der Waals surface area contributed by atoms with Crippen LogP contribution in [0, 0.1) is 23.7 Å². The molecule has 4 fully saturated rings. The molecule has 0 spiro atoms. The average Bonchev–Trinajstić information content (AvgIpc) is 2.49. The Morgan fingerprint density at radius 3 is 1.58 bits per heavy atom. The number of rotatable bonds is 0. The number of hydrogen-bond acceptors (Lipinski definition) is 1. The minimum absolute atomic E-state index is 0.0567. The maximum atomic E-state index is 9.62. The van der Waals surface area contributed by atoms with Crippen molar-refractivity contribution < 1.29 is 5.11 Å². The first kappa shape index (κ1) is 7.37. The van der Waals surface area contributed by atoms with Crippen molar-refractivity contribution in [1.82, 2.24) is 0 Å². The van der Waals surface area contributed by atoms with Crippen molar-refractivity contribution in [3.63, 3.8) is 0 Å². The molecule has 4 saturated carbocycles. The van der Waals surface area contributed by atoms with Crippen molar-refractivity contribution in [3.05, 3.63) is 0 Å². The minimum atomic E-state index is 0.0567. The minimum Gasteiger partial charge on any atom is -0.393 e. The second-order valence-electron chi connectivity index (χ2n) is 5.13. The van der Waals surface area contributed by atoms with E-state index in [1.54, 1.807) is 0 Å². The van der Waals surface area contributed by atoms with Crippen LogP contribution in [0.15, 0.2) is 0 Å². The van der Waals surface area contributed by atoms with Gasteiger partial charge in [0.1, 0.15) is 0 Å². The summed E-state index contributed by atoms with van der Waals surface area (Å²) in [5, 5.41) is 9.62. The average molecular weight is 166 g/mol. The first-order chi connectivity index (χ1) is 5.84. The van der Waals surface area contributed by atoms with E-state index in [9.17, 15) is 5.11 Å². The Hall–Kier alpha value is -0.0400. The fraction of sp³-hybridized carbons (Fsp3) is 1.00. The molecular formula is C11H18O. The lowest BCUT2D eigenvalue weighted by molar-refractivity contribution is 0.0455. The third kappa shape index (κ3) is 0.891. The highest BCUT2D eigenvalue weighted by atomic mass is 16.3. The predicted octanol–water partition coefficient (Wildman–Crippen LogP) is 2.19. The Morgan fingerprint density at radius 2 is 1.17 bits per heavy atom. The van der Waals surface area contributed by atoms with Crippen LogP contribution in [-0.4, -0.2) is 11.2 Å². The Kier molecular flexibility index (Phi) is 1.52. The van der Waals surface area contributed by atoms with Crippen molar-refractivity contribution in [1.29, 1.82) is 0 Å². The van der Waals surface area contributed by atoms with Crippen LogP contribution in [0.25, 0.3) is 0 Å². The Balaban J connectivity index is 1.86. The van der Waals surface area contributed by atoms with Gasteiger partial charge in [-0.25, -0.2) is 0 Å². The van der Waals surface area contributed by atoms with E-state index in [1.165, 1.54) is 25.7 Å². The van der Waals surface area contributed by atoms with E-state index in [0.717, 1.165) is 36.5 Å². The highest BCUT2D eigenvalue weighted by Crippen LogP contribution is 2.55. The molecule has 0 aliphatic heterocycles. The molecule has 0 aromatic heterocycles. The van der Waals surface area contributed by atoms with Gasteiger partial charge in [0.25, 0.3) is 0 Å². The first-order valence-corrected chi connectivity index (χ1v) is 5.52. The predicted molar refractivity (Wildman–Crippen MR) is 47.7 cm³/mol. The van der Waals surface area contributed by atoms with Crippen molar-refractivity contribution in [2.45, 2.75) is 44.6 Å². The highest BCUT2D eigenvalue weighted by Gasteiger charge is 2.47. The zero-order valence-electron chi connectivity index (χ0n) is 7.58. The lowest BCUT2D eigenvalue weighted by Crippen LogP contribution is -2.36. The Morgan fingerprint density at radius 1 is 0.750 bits per heavy atom. The van der Waals surface area contributed by atoms with E-state index in [2.05, 4.69) is 0 Å². The third-order valence-electron chi connectivity index (χ3n) is 4.67. The smallest absolute Gasteiger partial charge is 0.0546 e. The summed E-state index contributed by atoms with van der Waals surface area (Å²) < 4.78 is 0. The molecule has 4 aliphatic carbocycles. The van der Waals surface area contributed by atoms with Crippen LogP contribution >= 0.6 is 0 Å². The third-order valence-corrected chi connectivity index (χ3v) is 4.67. The SMILES string of the molecule is OC1CC2C3CCC(CC3)C2C1. The quantitative estimate of drug-likeness (QED) is 0.585. The molecule has 4 aliphatic rings. The number of fused-ring (bicyclic) bond motifs is 2. The molecule has 1 nitrogen and oxygen atoms in total. The number of aliphatic hydroxyl groups excluding tert-OH is 1. The summed E-state index contributed by atoms with van der Waals surface area (Å²) >= 11 is 0. The summed E-state index contributed by atoms with van der Waals surface area (Å²) in [5.41, 5.74) is 0. The van der Waals surface area contributed by atoms with Gasteiger partial charge in [-0.1, -0.05) is 0 Å². The van der Waals surface area contributed by atoms with Gasteiger partial charge in [0.2, 0.25) is 0 Å². The van der Waals surface area contributed by atoms with E-state index in [0.29, 0.717) is 0 Å². The molecule has 0 amide bonds. The summed E-state index contributed by atoms with van der Waals surface area (Å²) in [4.78, 5) is 0. The van der Waals surface area contributed by atoms with Gasteiger partial charge >= 0.3 is 0 Å². The highest BCUT2D eigenvalue weighted by molar-refractivity contribution is 4.98. The van der Waals surface area contributed by atoms with E-state index in [4.69, 9.17) is 0 Å². The molecule has 1 N–H and O–H groups in total. The molecule has 0 heterocycles. The largest absolute Gasteiger partial charge is 0.393 e. The molecule has 4 rings (SSSR count). The fourth-order valence-electron chi connectivity index (χ4n) is 4.16. The van der Waals surface area contributed by atoms with Crippen LogP contribution < -0.4 is 0 Å². The standard InChI is InChI=1S/C11H18O/c12-9-5-10-7-1-2-8(4-3-7)11(10)6-9/h7-12H,1-6H2. The summed E-state index contributed by atoms with van der Waals surface area (Å²) in [5.74, 6) is 3.84. The first-order valence-electron chi connectivity index (χ1n) is 5.52. The van der Waals surface area contributed by atoms with Crippen LogP contribution in [0.4, 0.5) is 0 Å². The maximum Gasteiger partial charge on any atom is 0.0546 e. The summed E-state index contributed by atoms with van der Waals surface area (Å²) in [6, 6.07) is 0. The Labute approximate surface area is 74.2 Å². The molecule has 2 bridgehead atoms. The van der Waals surface area contributed by atoms with E-state index >= 15 is 0 Å². The summed E-state index contributed by atoms with van der Waals surface area (Å²) in [6.07, 6.45) is 8.20.